The molecule has 15 heteroatoms. The minimum atomic E-state index is -7.86. The minimum Gasteiger partial charge on any atom is -0.463 e. The monoisotopic (exact) mass is 502 g/mol. The van der Waals surface area contributed by atoms with Crippen LogP contribution in [0.4, 0.5) is 57.1 Å². The zero-order valence-corrected chi connectivity index (χ0v) is 16.2. The summed E-state index contributed by atoms with van der Waals surface area (Å²) in [5.74, 6) is -37.2. The zero-order valence-electron chi connectivity index (χ0n) is 16.2. The first-order valence-electron chi connectivity index (χ1n) is 8.95. The second-order valence-corrected chi connectivity index (χ2v) is 6.74. The van der Waals surface area contributed by atoms with Crippen molar-refractivity contribution in [1.29, 1.82) is 0 Å². The molecule has 0 aliphatic heterocycles. The summed E-state index contributed by atoms with van der Waals surface area (Å²) >= 11 is 0. The maximum atomic E-state index is 13.6. The van der Waals surface area contributed by atoms with Gasteiger partial charge in [0.25, 0.3) is 0 Å². The summed E-state index contributed by atoms with van der Waals surface area (Å²) in [7, 11) is 0. The number of carbonyl (C=O) groups is 1. The molecule has 0 unspecified atom stereocenters. The van der Waals surface area contributed by atoms with Gasteiger partial charge in [0.15, 0.2) is 0 Å². The van der Waals surface area contributed by atoms with Crippen LogP contribution in [-0.4, -0.2) is 48.4 Å². The molecule has 0 atom stereocenters. The predicted molar refractivity (Wildman–Crippen MR) is 84.3 cm³/mol. The van der Waals surface area contributed by atoms with Crippen LogP contribution >= 0.6 is 0 Å². The molecule has 32 heavy (non-hydrogen) atoms. The van der Waals surface area contributed by atoms with Crippen LogP contribution in [-0.2, 0) is 9.53 Å². The molecular weight excluding hydrogens is 483 g/mol. The first-order chi connectivity index (χ1) is 14.2. The van der Waals surface area contributed by atoms with E-state index in [1.54, 1.807) is 0 Å². The van der Waals surface area contributed by atoms with Gasteiger partial charge in [0.1, 0.15) is 0 Å². The Balaban J connectivity index is 4.93. The Morgan fingerprint density at radius 3 is 1.47 bits per heavy atom. The summed E-state index contributed by atoms with van der Waals surface area (Å²) in [5, 5.41) is 0. The second-order valence-electron chi connectivity index (χ2n) is 6.74. The lowest BCUT2D eigenvalue weighted by molar-refractivity contribution is -0.440. The fourth-order valence-electron chi connectivity index (χ4n) is 2.35. The van der Waals surface area contributed by atoms with Gasteiger partial charge in [-0.1, -0.05) is 32.3 Å². The van der Waals surface area contributed by atoms with Gasteiger partial charge in [-0.3, -0.25) is 0 Å². The number of carbonyl (C=O) groups excluding carboxylic acids is 1. The molecule has 0 aromatic carbocycles. The lowest BCUT2D eigenvalue weighted by Gasteiger charge is -2.39. The zero-order chi connectivity index (χ0) is 25.6. The van der Waals surface area contributed by atoms with E-state index in [0.717, 1.165) is 6.08 Å². The van der Waals surface area contributed by atoms with Crippen LogP contribution in [0.2, 0.25) is 0 Å². The first kappa shape index (κ1) is 30.3. The van der Waals surface area contributed by atoms with Gasteiger partial charge in [-0.2, -0.15) is 57.1 Å². The van der Waals surface area contributed by atoms with E-state index in [2.05, 4.69) is 11.3 Å². The molecule has 0 N–H and O–H groups in total. The normalized spacial score (nSPS) is 14.4. The molecule has 0 saturated carbocycles. The second kappa shape index (κ2) is 10.5. The summed E-state index contributed by atoms with van der Waals surface area (Å²) in [4.78, 5) is 10.7. The Kier molecular flexibility index (Phi) is 9.93. The Morgan fingerprint density at radius 2 is 1.03 bits per heavy atom. The van der Waals surface area contributed by atoms with Crippen LogP contribution in [0.15, 0.2) is 12.7 Å². The molecule has 0 amide bonds. The minimum absolute atomic E-state index is 0.000993. The van der Waals surface area contributed by atoms with Crippen molar-refractivity contribution in [2.45, 2.75) is 80.7 Å². The van der Waals surface area contributed by atoms with E-state index in [4.69, 9.17) is 0 Å². The number of ether oxygens (including phenoxy) is 1. The van der Waals surface area contributed by atoms with E-state index in [0.29, 0.717) is 19.3 Å². The highest BCUT2D eigenvalue weighted by Gasteiger charge is 2.90. The molecule has 0 aliphatic rings. The Hall–Kier alpha value is -1.70. The number of esters is 1. The standard InChI is InChI=1S/C17H19F13O2/c1-2-11(31)32-10-8-6-4-3-5-7-9-12(18,19)13(20,21)14(22,23)15(24,25)16(26,27)17(28,29)30/h2H,1,3-10H2. The van der Waals surface area contributed by atoms with Gasteiger partial charge in [-0.05, 0) is 12.8 Å². The smallest absolute Gasteiger partial charge is 0.460 e. The quantitative estimate of drug-likeness (QED) is 0.109. The third kappa shape index (κ3) is 6.21. The Morgan fingerprint density at radius 1 is 0.625 bits per heavy atom. The molecule has 0 aliphatic carbocycles. The van der Waals surface area contributed by atoms with Crippen molar-refractivity contribution in [1.82, 2.24) is 0 Å². The topological polar surface area (TPSA) is 26.3 Å². The number of alkyl halides is 13. The summed E-state index contributed by atoms with van der Waals surface area (Å²) in [6.45, 7) is 3.13. The largest absolute Gasteiger partial charge is 0.463 e. The van der Waals surface area contributed by atoms with Gasteiger partial charge in [0, 0.05) is 12.5 Å². The van der Waals surface area contributed by atoms with Crippen LogP contribution < -0.4 is 0 Å². The number of halogens is 13. The van der Waals surface area contributed by atoms with E-state index >= 15 is 0 Å². The molecular formula is C17H19F13O2. The van der Waals surface area contributed by atoms with E-state index in [9.17, 15) is 61.9 Å². The molecule has 2 nitrogen and oxygen atoms in total. The third-order valence-electron chi connectivity index (χ3n) is 4.29. The Labute approximate surface area is 173 Å². The average Bonchev–Trinajstić information content (AvgIpc) is 2.64. The lowest BCUT2D eigenvalue weighted by Crippen LogP contribution is -2.70. The van der Waals surface area contributed by atoms with Crippen molar-refractivity contribution in [2.75, 3.05) is 6.61 Å². The van der Waals surface area contributed by atoms with E-state index in [1.165, 1.54) is 0 Å². The van der Waals surface area contributed by atoms with Crippen LogP contribution in [0.25, 0.3) is 0 Å². The maximum absolute atomic E-state index is 13.6. The van der Waals surface area contributed by atoms with Gasteiger partial charge in [-0.15, -0.1) is 0 Å². The van der Waals surface area contributed by atoms with Crippen molar-refractivity contribution < 1.29 is 66.6 Å². The molecule has 0 spiro atoms. The maximum Gasteiger partial charge on any atom is 0.460 e. The fraction of sp³-hybridized carbons (Fsp3) is 0.824. The highest BCUT2D eigenvalue weighted by Crippen LogP contribution is 2.60. The van der Waals surface area contributed by atoms with Gasteiger partial charge < -0.3 is 4.74 Å². The average molecular weight is 502 g/mol. The van der Waals surface area contributed by atoms with Crippen molar-refractivity contribution in [3.63, 3.8) is 0 Å². The van der Waals surface area contributed by atoms with Crippen LogP contribution in [0.1, 0.15) is 44.9 Å². The molecule has 0 fully saturated rings. The molecule has 0 aromatic heterocycles. The molecule has 0 saturated heterocycles. The van der Waals surface area contributed by atoms with Gasteiger partial charge in [-0.25, -0.2) is 4.79 Å². The van der Waals surface area contributed by atoms with Crippen LogP contribution in [0, 0.1) is 0 Å². The van der Waals surface area contributed by atoms with Gasteiger partial charge in [0.2, 0.25) is 0 Å². The molecule has 0 aromatic rings. The highest BCUT2D eigenvalue weighted by molar-refractivity contribution is 5.81. The van der Waals surface area contributed by atoms with E-state index < -0.39 is 54.6 Å². The van der Waals surface area contributed by atoms with Crippen LogP contribution in [0.5, 0.6) is 0 Å². The summed E-state index contributed by atoms with van der Waals surface area (Å²) in [5.41, 5.74) is 0. The van der Waals surface area contributed by atoms with E-state index in [1.807, 2.05) is 0 Å². The van der Waals surface area contributed by atoms with E-state index in [-0.39, 0.29) is 19.4 Å². The Bertz CT molecular complexity index is 626. The molecule has 190 valence electrons. The number of hydrogen-bond donors (Lipinski definition) is 0. The number of rotatable bonds is 14. The molecule has 0 bridgehead atoms. The van der Waals surface area contributed by atoms with Crippen molar-refractivity contribution in [2.24, 2.45) is 0 Å². The third-order valence-corrected chi connectivity index (χ3v) is 4.29. The molecule has 0 radical (unpaired) electrons. The summed E-state index contributed by atoms with van der Waals surface area (Å²) < 4.78 is 173. The highest BCUT2D eigenvalue weighted by atomic mass is 19.4. The number of unbranched alkanes of at least 4 members (excludes halogenated alkanes) is 5. The fourth-order valence-corrected chi connectivity index (χ4v) is 2.35. The summed E-state index contributed by atoms with van der Waals surface area (Å²) in [6, 6.07) is 0. The predicted octanol–water partition coefficient (Wildman–Crippen LogP) is 7.19. The lowest BCUT2D eigenvalue weighted by atomic mass is 9.91. The van der Waals surface area contributed by atoms with Crippen molar-refractivity contribution >= 4 is 5.97 Å². The SMILES string of the molecule is C=CC(=O)OCCCCCCCCC(F)(F)C(F)(F)C(F)(F)C(F)(F)C(F)(F)C(F)(F)F. The molecule has 0 rings (SSSR count). The van der Waals surface area contributed by atoms with Gasteiger partial charge in [0.05, 0.1) is 6.61 Å². The number of hydrogen-bond acceptors (Lipinski definition) is 2. The van der Waals surface area contributed by atoms with Gasteiger partial charge >= 0.3 is 41.8 Å². The first-order valence-corrected chi connectivity index (χ1v) is 8.95. The van der Waals surface area contributed by atoms with Crippen LogP contribution in [0.3, 0.4) is 0 Å². The summed E-state index contributed by atoms with van der Waals surface area (Å²) in [6.07, 6.45) is -8.81. The van der Waals surface area contributed by atoms with Crippen molar-refractivity contribution in [3.8, 4) is 0 Å². The van der Waals surface area contributed by atoms with Crippen molar-refractivity contribution in [3.05, 3.63) is 12.7 Å². The molecule has 0 heterocycles.